The van der Waals surface area contributed by atoms with Gasteiger partial charge in [-0.1, -0.05) is 6.92 Å². The summed E-state index contributed by atoms with van der Waals surface area (Å²) in [4.78, 5) is 14.4. The standard InChI is InChI=1S/C14H27N3O/c1-3-11-7-5-9-17(11)12-6-4-8-14(10-12,16-2)13(15)18/h11-12,16H,3-10H2,1-2H3,(H2,15,18). The van der Waals surface area contributed by atoms with Crippen LogP contribution in [0.15, 0.2) is 0 Å². The number of nitrogens with zero attached hydrogens (tertiary/aromatic N) is 1. The van der Waals surface area contributed by atoms with Crippen molar-refractivity contribution in [2.45, 2.75) is 69.5 Å². The molecule has 3 atom stereocenters. The Hall–Kier alpha value is -0.610. The lowest BCUT2D eigenvalue weighted by atomic mass is 9.77. The van der Waals surface area contributed by atoms with Gasteiger partial charge in [0.2, 0.25) is 5.91 Å². The molecule has 4 heteroatoms. The first-order valence-corrected chi connectivity index (χ1v) is 7.37. The van der Waals surface area contributed by atoms with Crippen molar-refractivity contribution in [3.8, 4) is 0 Å². The van der Waals surface area contributed by atoms with Gasteiger partial charge in [0, 0.05) is 12.1 Å². The molecule has 3 N–H and O–H groups in total. The van der Waals surface area contributed by atoms with Gasteiger partial charge in [0.1, 0.15) is 0 Å². The fourth-order valence-electron chi connectivity index (χ4n) is 3.88. The van der Waals surface area contributed by atoms with Crippen molar-refractivity contribution in [1.29, 1.82) is 0 Å². The van der Waals surface area contributed by atoms with Crippen LogP contribution in [-0.4, -0.2) is 42.0 Å². The van der Waals surface area contributed by atoms with Crippen LogP contribution in [0.3, 0.4) is 0 Å². The lowest BCUT2D eigenvalue weighted by molar-refractivity contribution is -0.126. The number of hydrogen-bond acceptors (Lipinski definition) is 3. The van der Waals surface area contributed by atoms with Crippen LogP contribution in [0.2, 0.25) is 0 Å². The zero-order chi connectivity index (χ0) is 13.2. The second-order valence-corrected chi connectivity index (χ2v) is 5.89. The first kappa shape index (κ1) is 13.8. The molecule has 4 nitrogen and oxygen atoms in total. The lowest BCUT2D eigenvalue weighted by Gasteiger charge is -2.43. The van der Waals surface area contributed by atoms with Gasteiger partial charge in [0.25, 0.3) is 0 Å². The fourth-order valence-corrected chi connectivity index (χ4v) is 3.88. The molecular weight excluding hydrogens is 226 g/mol. The van der Waals surface area contributed by atoms with Gasteiger partial charge in [-0.2, -0.15) is 0 Å². The molecular formula is C14H27N3O. The number of nitrogens with one attached hydrogen (secondary N) is 1. The molecule has 0 aromatic rings. The number of carbonyl (C=O) groups excluding carboxylic acids is 1. The molecule has 1 saturated heterocycles. The first-order valence-electron chi connectivity index (χ1n) is 7.37. The maximum atomic E-state index is 11.8. The molecule has 0 aromatic heterocycles. The third-order valence-corrected chi connectivity index (χ3v) is 5.04. The summed E-state index contributed by atoms with van der Waals surface area (Å²) >= 11 is 0. The molecule has 2 rings (SSSR count). The third-order valence-electron chi connectivity index (χ3n) is 5.04. The van der Waals surface area contributed by atoms with E-state index in [1.807, 2.05) is 7.05 Å². The number of primary amides is 1. The Balaban J connectivity index is 2.08. The van der Waals surface area contributed by atoms with Crippen LogP contribution in [0.4, 0.5) is 0 Å². The monoisotopic (exact) mass is 253 g/mol. The van der Waals surface area contributed by atoms with E-state index in [4.69, 9.17) is 5.73 Å². The normalized spacial score (nSPS) is 37.9. The van der Waals surface area contributed by atoms with Crippen LogP contribution in [-0.2, 0) is 4.79 Å². The summed E-state index contributed by atoms with van der Waals surface area (Å²) < 4.78 is 0. The van der Waals surface area contributed by atoms with E-state index in [1.54, 1.807) is 0 Å². The van der Waals surface area contributed by atoms with Crippen LogP contribution < -0.4 is 11.1 Å². The minimum absolute atomic E-state index is 0.179. The van der Waals surface area contributed by atoms with E-state index in [1.165, 1.54) is 32.2 Å². The SMILES string of the molecule is CCC1CCCN1C1CCCC(NC)(C(N)=O)C1. The molecule has 2 fully saturated rings. The molecule has 1 aliphatic carbocycles. The van der Waals surface area contributed by atoms with Gasteiger partial charge in [-0.05, 0) is 58.5 Å². The molecule has 0 aromatic carbocycles. The van der Waals surface area contributed by atoms with Crippen LogP contribution in [0.25, 0.3) is 0 Å². The van der Waals surface area contributed by atoms with Crippen LogP contribution in [0.1, 0.15) is 51.9 Å². The maximum Gasteiger partial charge on any atom is 0.237 e. The van der Waals surface area contributed by atoms with Crippen molar-refractivity contribution in [2.75, 3.05) is 13.6 Å². The molecule has 1 heterocycles. The van der Waals surface area contributed by atoms with Crippen molar-refractivity contribution in [2.24, 2.45) is 5.73 Å². The smallest absolute Gasteiger partial charge is 0.237 e. The minimum Gasteiger partial charge on any atom is -0.368 e. The average Bonchev–Trinajstić information content (AvgIpc) is 2.86. The quantitative estimate of drug-likeness (QED) is 0.792. The molecule has 2 aliphatic rings. The molecule has 0 bridgehead atoms. The highest BCUT2D eigenvalue weighted by Crippen LogP contribution is 2.35. The van der Waals surface area contributed by atoms with Crippen LogP contribution in [0, 0.1) is 0 Å². The summed E-state index contributed by atoms with van der Waals surface area (Å²) in [7, 11) is 1.87. The molecule has 104 valence electrons. The summed E-state index contributed by atoms with van der Waals surface area (Å²) in [6.45, 7) is 3.47. The van der Waals surface area contributed by atoms with Crippen molar-refractivity contribution < 1.29 is 4.79 Å². The number of likely N-dealkylation sites (tertiary alicyclic amines) is 1. The van der Waals surface area contributed by atoms with Gasteiger partial charge in [-0.3, -0.25) is 9.69 Å². The summed E-state index contributed by atoms with van der Waals surface area (Å²) in [5.74, 6) is -0.179. The summed E-state index contributed by atoms with van der Waals surface area (Å²) in [6.07, 6.45) is 7.93. The molecule has 1 aliphatic heterocycles. The molecule has 0 spiro atoms. The van der Waals surface area contributed by atoms with Gasteiger partial charge in [-0.25, -0.2) is 0 Å². The van der Waals surface area contributed by atoms with E-state index < -0.39 is 5.54 Å². The van der Waals surface area contributed by atoms with Crippen LogP contribution in [0.5, 0.6) is 0 Å². The van der Waals surface area contributed by atoms with Crippen molar-refractivity contribution >= 4 is 5.91 Å². The molecule has 0 radical (unpaired) electrons. The van der Waals surface area contributed by atoms with Crippen LogP contribution >= 0.6 is 0 Å². The predicted octanol–water partition coefficient (Wildman–Crippen LogP) is 1.25. The maximum absolute atomic E-state index is 11.8. The zero-order valence-electron chi connectivity index (χ0n) is 11.7. The topological polar surface area (TPSA) is 58.4 Å². The molecule has 1 saturated carbocycles. The average molecular weight is 253 g/mol. The molecule has 18 heavy (non-hydrogen) atoms. The third kappa shape index (κ3) is 2.41. The number of amides is 1. The summed E-state index contributed by atoms with van der Waals surface area (Å²) in [5.41, 5.74) is 5.15. The number of hydrogen-bond donors (Lipinski definition) is 2. The highest BCUT2D eigenvalue weighted by Gasteiger charge is 2.43. The van der Waals surface area contributed by atoms with Gasteiger partial charge < -0.3 is 11.1 Å². The summed E-state index contributed by atoms with van der Waals surface area (Å²) in [5, 5.41) is 3.20. The number of rotatable bonds is 4. The van der Waals surface area contributed by atoms with E-state index in [9.17, 15) is 4.79 Å². The summed E-state index contributed by atoms with van der Waals surface area (Å²) in [6, 6.07) is 1.25. The van der Waals surface area contributed by atoms with Gasteiger partial charge >= 0.3 is 0 Å². The van der Waals surface area contributed by atoms with Gasteiger partial charge in [-0.15, -0.1) is 0 Å². The van der Waals surface area contributed by atoms with Gasteiger partial charge in [0.15, 0.2) is 0 Å². The van der Waals surface area contributed by atoms with E-state index >= 15 is 0 Å². The Labute approximate surface area is 110 Å². The first-order chi connectivity index (χ1) is 8.63. The Kier molecular flexibility index (Phi) is 4.28. The Morgan fingerprint density at radius 1 is 1.44 bits per heavy atom. The number of carbonyl (C=O) groups is 1. The van der Waals surface area contributed by atoms with E-state index in [0.717, 1.165) is 25.3 Å². The second-order valence-electron chi connectivity index (χ2n) is 5.89. The molecule has 3 unspecified atom stereocenters. The Morgan fingerprint density at radius 2 is 2.22 bits per heavy atom. The van der Waals surface area contributed by atoms with E-state index in [0.29, 0.717) is 6.04 Å². The van der Waals surface area contributed by atoms with E-state index in [2.05, 4.69) is 17.1 Å². The van der Waals surface area contributed by atoms with Crippen molar-refractivity contribution in [3.63, 3.8) is 0 Å². The van der Waals surface area contributed by atoms with Gasteiger partial charge in [0.05, 0.1) is 5.54 Å². The van der Waals surface area contributed by atoms with Crippen molar-refractivity contribution in [3.05, 3.63) is 0 Å². The second kappa shape index (κ2) is 5.57. The minimum atomic E-state index is -0.468. The van der Waals surface area contributed by atoms with E-state index in [-0.39, 0.29) is 5.91 Å². The zero-order valence-corrected chi connectivity index (χ0v) is 11.7. The highest BCUT2D eigenvalue weighted by molar-refractivity contribution is 5.84. The highest BCUT2D eigenvalue weighted by atomic mass is 16.1. The Bertz CT molecular complexity index is 307. The Morgan fingerprint density at radius 3 is 2.83 bits per heavy atom. The predicted molar refractivity (Wildman–Crippen MR) is 73.3 cm³/mol. The fraction of sp³-hybridized carbons (Fsp3) is 0.929. The van der Waals surface area contributed by atoms with Crippen molar-refractivity contribution in [1.82, 2.24) is 10.2 Å². The lowest BCUT2D eigenvalue weighted by Crippen LogP contribution is -2.60. The molecule has 1 amide bonds. The largest absolute Gasteiger partial charge is 0.368 e. The number of likely N-dealkylation sites (N-methyl/N-ethyl adjacent to an activating group) is 1. The number of nitrogens with two attached hydrogens (primary N) is 1.